The van der Waals surface area contributed by atoms with E-state index < -0.39 is 5.54 Å². The Morgan fingerprint density at radius 1 is 1.37 bits per heavy atom. The monoisotopic (exact) mass is 258 g/mol. The Morgan fingerprint density at radius 2 is 2.00 bits per heavy atom. The van der Waals surface area contributed by atoms with Gasteiger partial charge in [-0.1, -0.05) is 25.1 Å². The molecular formula is C16H22N2O. The third-order valence-electron chi connectivity index (χ3n) is 3.82. The Labute approximate surface area is 115 Å². The zero-order chi connectivity index (χ0) is 13.9. The summed E-state index contributed by atoms with van der Waals surface area (Å²) in [4.78, 5) is 0. The molecule has 0 heterocycles. The highest BCUT2D eigenvalue weighted by atomic mass is 16.5. The van der Waals surface area contributed by atoms with E-state index in [1.165, 1.54) is 0 Å². The summed E-state index contributed by atoms with van der Waals surface area (Å²) >= 11 is 0. The van der Waals surface area contributed by atoms with Crippen LogP contribution in [0.3, 0.4) is 0 Å². The molecule has 0 aromatic heterocycles. The molecule has 0 bridgehead atoms. The summed E-state index contributed by atoms with van der Waals surface area (Å²) in [6.45, 7) is 7.34. The number of hydrogen-bond donors (Lipinski definition) is 1. The molecule has 0 amide bonds. The smallest absolute Gasteiger partial charge is 0.143 e. The number of nitrogens with zero attached hydrogens (tertiary/aromatic N) is 1. The van der Waals surface area contributed by atoms with E-state index in [-0.39, 0.29) is 0 Å². The molecule has 1 N–H and O–H groups in total. The Bertz CT molecular complexity index is 468. The van der Waals surface area contributed by atoms with Crippen LogP contribution in [0.1, 0.15) is 30.9 Å². The fourth-order valence-electron chi connectivity index (χ4n) is 2.58. The van der Waals surface area contributed by atoms with Crippen molar-refractivity contribution in [3.8, 4) is 11.8 Å². The molecule has 102 valence electrons. The summed E-state index contributed by atoms with van der Waals surface area (Å²) in [6.07, 6.45) is 2.24. The molecule has 1 fully saturated rings. The molecular weight excluding hydrogens is 236 g/mol. The second kappa shape index (κ2) is 5.63. The van der Waals surface area contributed by atoms with Crippen LogP contribution in [0.25, 0.3) is 0 Å². The van der Waals surface area contributed by atoms with Crippen molar-refractivity contribution in [2.24, 2.45) is 5.92 Å². The molecule has 0 saturated heterocycles. The number of nitriles is 1. The number of para-hydroxylation sites is 1. The van der Waals surface area contributed by atoms with Gasteiger partial charge in [-0.15, -0.1) is 0 Å². The van der Waals surface area contributed by atoms with Gasteiger partial charge in [0.1, 0.15) is 17.9 Å². The fraction of sp³-hybridized carbons (Fsp3) is 0.562. The highest BCUT2D eigenvalue weighted by Crippen LogP contribution is 2.40. The van der Waals surface area contributed by atoms with E-state index in [0.717, 1.165) is 36.3 Å². The second-order valence-corrected chi connectivity index (χ2v) is 5.40. The minimum absolute atomic E-state index is 0.424. The van der Waals surface area contributed by atoms with E-state index in [4.69, 9.17) is 4.74 Å². The van der Waals surface area contributed by atoms with Gasteiger partial charge >= 0.3 is 0 Å². The second-order valence-electron chi connectivity index (χ2n) is 5.40. The van der Waals surface area contributed by atoms with Gasteiger partial charge in [0.25, 0.3) is 0 Å². The summed E-state index contributed by atoms with van der Waals surface area (Å²) in [5, 5.41) is 12.9. The predicted molar refractivity (Wildman–Crippen MR) is 76.2 cm³/mol. The molecule has 1 aromatic rings. The summed E-state index contributed by atoms with van der Waals surface area (Å²) in [5.41, 5.74) is 1.72. The van der Waals surface area contributed by atoms with Crippen molar-refractivity contribution in [3.05, 3.63) is 29.3 Å². The lowest BCUT2D eigenvalue weighted by Crippen LogP contribution is -2.51. The van der Waals surface area contributed by atoms with Crippen LogP contribution < -0.4 is 10.1 Å². The van der Waals surface area contributed by atoms with Gasteiger partial charge in [-0.25, -0.2) is 0 Å². The van der Waals surface area contributed by atoms with Crippen molar-refractivity contribution in [2.75, 3.05) is 13.2 Å². The molecule has 0 aliphatic heterocycles. The lowest BCUT2D eigenvalue weighted by Gasteiger charge is -2.28. The Hall–Kier alpha value is -1.53. The molecule has 0 radical (unpaired) electrons. The van der Waals surface area contributed by atoms with Crippen molar-refractivity contribution in [2.45, 2.75) is 39.2 Å². The standard InChI is InChI=1S/C16H22N2O/c1-4-18-16(10-17,14-8-9-14)11-19-15-12(2)6-5-7-13(15)3/h5-7,14,18H,4,8-9,11H2,1-3H3. The summed E-state index contributed by atoms with van der Waals surface area (Å²) in [5.74, 6) is 1.35. The van der Waals surface area contributed by atoms with E-state index in [0.29, 0.717) is 12.5 Å². The molecule has 0 spiro atoms. The molecule has 1 unspecified atom stereocenters. The SMILES string of the molecule is CCNC(C#N)(COc1c(C)cccc1C)C1CC1. The van der Waals surface area contributed by atoms with Crippen LogP contribution in [0, 0.1) is 31.1 Å². The van der Waals surface area contributed by atoms with Gasteiger partial charge in [0.2, 0.25) is 0 Å². The number of rotatable bonds is 6. The van der Waals surface area contributed by atoms with E-state index in [1.807, 2.05) is 39.0 Å². The van der Waals surface area contributed by atoms with Crippen molar-refractivity contribution in [1.29, 1.82) is 5.26 Å². The van der Waals surface area contributed by atoms with Gasteiger partial charge in [0, 0.05) is 0 Å². The Balaban J connectivity index is 2.13. The van der Waals surface area contributed by atoms with Crippen LogP contribution in [0.15, 0.2) is 18.2 Å². The van der Waals surface area contributed by atoms with Gasteiger partial charge in [0.15, 0.2) is 0 Å². The predicted octanol–water partition coefficient (Wildman–Crippen LogP) is 2.96. The van der Waals surface area contributed by atoms with E-state index in [9.17, 15) is 5.26 Å². The molecule has 1 saturated carbocycles. The fourth-order valence-corrected chi connectivity index (χ4v) is 2.58. The maximum Gasteiger partial charge on any atom is 0.143 e. The summed E-state index contributed by atoms with van der Waals surface area (Å²) < 4.78 is 5.99. The third kappa shape index (κ3) is 2.90. The molecule has 1 aliphatic rings. The van der Waals surface area contributed by atoms with E-state index >= 15 is 0 Å². The molecule has 1 atom stereocenters. The van der Waals surface area contributed by atoms with Crippen LogP contribution in [-0.2, 0) is 0 Å². The zero-order valence-corrected chi connectivity index (χ0v) is 12.0. The minimum atomic E-state index is -0.524. The number of nitrogens with one attached hydrogen (secondary N) is 1. The summed E-state index contributed by atoms with van der Waals surface area (Å²) in [7, 11) is 0. The zero-order valence-electron chi connectivity index (χ0n) is 12.0. The number of ether oxygens (including phenoxy) is 1. The average molecular weight is 258 g/mol. The number of likely N-dealkylation sites (N-methyl/N-ethyl adjacent to an activating group) is 1. The first-order valence-electron chi connectivity index (χ1n) is 6.98. The van der Waals surface area contributed by atoms with Gasteiger partial charge in [0.05, 0.1) is 6.07 Å². The molecule has 1 aromatic carbocycles. The topological polar surface area (TPSA) is 45.0 Å². The maximum absolute atomic E-state index is 9.54. The molecule has 1 aliphatic carbocycles. The number of benzene rings is 1. The first-order valence-corrected chi connectivity index (χ1v) is 6.98. The van der Waals surface area contributed by atoms with Crippen LogP contribution >= 0.6 is 0 Å². The first-order chi connectivity index (χ1) is 9.13. The normalized spacial score (nSPS) is 17.6. The average Bonchev–Trinajstić information content (AvgIpc) is 3.21. The molecule has 3 heteroatoms. The quantitative estimate of drug-likeness (QED) is 0.853. The summed E-state index contributed by atoms with van der Waals surface area (Å²) in [6, 6.07) is 8.56. The van der Waals surface area contributed by atoms with Gasteiger partial charge in [-0.2, -0.15) is 5.26 Å². The third-order valence-corrected chi connectivity index (χ3v) is 3.82. The molecule has 19 heavy (non-hydrogen) atoms. The van der Waals surface area contributed by atoms with Gasteiger partial charge < -0.3 is 4.74 Å². The maximum atomic E-state index is 9.54. The number of hydrogen-bond acceptors (Lipinski definition) is 3. The lowest BCUT2D eigenvalue weighted by molar-refractivity contribution is 0.202. The number of aryl methyl sites for hydroxylation is 2. The van der Waals surface area contributed by atoms with Crippen molar-refractivity contribution >= 4 is 0 Å². The van der Waals surface area contributed by atoms with Crippen molar-refractivity contribution in [3.63, 3.8) is 0 Å². The minimum Gasteiger partial charge on any atom is -0.490 e. The highest BCUT2D eigenvalue weighted by Gasteiger charge is 2.46. The highest BCUT2D eigenvalue weighted by molar-refractivity contribution is 5.40. The first kappa shape index (κ1) is 13.9. The van der Waals surface area contributed by atoms with Gasteiger partial charge in [-0.05, 0) is 50.3 Å². The van der Waals surface area contributed by atoms with Crippen molar-refractivity contribution < 1.29 is 4.74 Å². The molecule has 3 nitrogen and oxygen atoms in total. The van der Waals surface area contributed by atoms with Crippen LogP contribution in [0.5, 0.6) is 5.75 Å². The van der Waals surface area contributed by atoms with Crippen LogP contribution in [-0.4, -0.2) is 18.7 Å². The van der Waals surface area contributed by atoms with E-state index in [1.54, 1.807) is 0 Å². The van der Waals surface area contributed by atoms with E-state index in [2.05, 4.69) is 11.4 Å². The molecule has 2 rings (SSSR count). The lowest BCUT2D eigenvalue weighted by atomic mass is 9.96. The van der Waals surface area contributed by atoms with Crippen molar-refractivity contribution in [1.82, 2.24) is 5.32 Å². The largest absolute Gasteiger partial charge is 0.490 e. The van der Waals surface area contributed by atoms with Gasteiger partial charge in [-0.3, -0.25) is 5.32 Å². The van der Waals surface area contributed by atoms with Crippen LogP contribution in [0.2, 0.25) is 0 Å². The van der Waals surface area contributed by atoms with Crippen LogP contribution in [0.4, 0.5) is 0 Å². The Kier molecular flexibility index (Phi) is 4.11. The Morgan fingerprint density at radius 3 is 2.47 bits per heavy atom.